The number of nitrogens with one attached hydrogen (secondary N) is 1. The van der Waals surface area contributed by atoms with Crippen LogP contribution in [-0.2, 0) is 4.79 Å². The maximum atomic E-state index is 13.1. The first-order valence-electron chi connectivity index (χ1n) is 11.3. The first-order valence-corrected chi connectivity index (χ1v) is 12.0. The minimum absolute atomic E-state index is 0.0770. The number of amides is 2. The summed E-state index contributed by atoms with van der Waals surface area (Å²) < 4.78 is 0. The number of carbonyl (C=O) groups excluding carboxylic acids is 2. The molecule has 1 saturated carbocycles. The molecule has 2 fully saturated rings. The van der Waals surface area contributed by atoms with Crippen LogP contribution in [0.2, 0.25) is 10.0 Å². The van der Waals surface area contributed by atoms with E-state index in [4.69, 9.17) is 23.2 Å². The van der Waals surface area contributed by atoms with E-state index in [0.717, 1.165) is 25.8 Å². The second kappa shape index (κ2) is 11.5. The molecule has 2 amide bonds. The van der Waals surface area contributed by atoms with Crippen LogP contribution in [0.15, 0.2) is 18.2 Å². The maximum Gasteiger partial charge on any atom is 0.255 e. The van der Waals surface area contributed by atoms with Crippen LogP contribution >= 0.6 is 23.2 Å². The summed E-state index contributed by atoms with van der Waals surface area (Å²) in [4.78, 5) is 32.3. The highest BCUT2D eigenvalue weighted by Crippen LogP contribution is 2.31. The van der Waals surface area contributed by atoms with Gasteiger partial charge in [-0.2, -0.15) is 0 Å². The van der Waals surface area contributed by atoms with E-state index in [1.807, 2.05) is 19.0 Å². The van der Waals surface area contributed by atoms with Crippen molar-refractivity contribution in [3.05, 3.63) is 33.8 Å². The predicted octanol–water partition coefficient (Wildman–Crippen LogP) is 3.38. The van der Waals surface area contributed by atoms with Gasteiger partial charge >= 0.3 is 0 Å². The fourth-order valence-electron chi connectivity index (χ4n) is 4.70. The molecule has 1 unspecified atom stereocenters. The van der Waals surface area contributed by atoms with Gasteiger partial charge in [0.25, 0.3) is 5.91 Å². The van der Waals surface area contributed by atoms with Crippen molar-refractivity contribution in [2.75, 3.05) is 53.4 Å². The Labute approximate surface area is 195 Å². The van der Waals surface area contributed by atoms with Gasteiger partial charge in [0.1, 0.15) is 0 Å². The van der Waals surface area contributed by atoms with Gasteiger partial charge < -0.3 is 15.1 Å². The molecule has 0 radical (unpaired) electrons. The Bertz CT molecular complexity index is 760. The van der Waals surface area contributed by atoms with E-state index in [1.165, 1.54) is 12.8 Å². The lowest BCUT2D eigenvalue weighted by Crippen LogP contribution is -2.58. The number of hydrogen-bond donors (Lipinski definition) is 1. The van der Waals surface area contributed by atoms with Gasteiger partial charge in [-0.05, 0) is 64.0 Å². The third-order valence-corrected chi connectivity index (χ3v) is 6.90. The standard InChI is InChI=1S/C23H34Cl2N4O2/c1-27(2)11-5-10-26-22(30)21(17-6-3-4-7-17)28-12-14-29(15-13-28)23(31)19-9-8-18(24)16-20(19)25/h8-9,16-17,21H,3-7,10-15H2,1-2H3,(H,26,30). The van der Waals surface area contributed by atoms with Crippen molar-refractivity contribution < 1.29 is 9.59 Å². The Morgan fingerprint density at radius 3 is 2.42 bits per heavy atom. The third kappa shape index (κ3) is 6.58. The number of piperazine rings is 1. The summed E-state index contributed by atoms with van der Waals surface area (Å²) in [6.07, 6.45) is 5.55. The minimum Gasteiger partial charge on any atom is -0.355 e. The van der Waals surface area contributed by atoms with E-state index >= 15 is 0 Å². The largest absolute Gasteiger partial charge is 0.355 e. The van der Waals surface area contributed by atoms with Crippen LogP contribution < -0.4 is 5.32 Å². The molecule has 0 aromatic heterocycles. The lowest BCUT2D eigenvalue weighted by molar-refractivity contribution is -0.129. The molecule has 0 bridgehead atoms. The van der Waals surface area contributed by atoms with Crippen LogP contribution in [0, 0.1) is 5.92 Å². The van der Waals surface area contributed by atoms with Gasteiger partial charge in [-0.15, -0.1) is 0 Å². The molecule has 3 rings (SSSR count). The molecule has 2 aliphatic rings. The molecule has 31 heavy (non-hydrogen) atoms. The maximum absolute atomic E-state index is 13.1. The molecule has 1 atom stereocenters. The zero-order valence-corrected chi connectivity index (χ0v) is 20.1. The highest BCUT2D eigenvalue weighted by atomic mass is 35.5. The van der Waals surface area contributed by atoms with E-state index in [9.17, 15) is 9.59 Å². The molecule has 1 heterocycles. The van der Waals surface area contributed by atoms with E-state index < -0.39 is 0 Å². The Morgan fingerprint density at radius 2 is 1.81 bits per heavy atom. The summed E-state index contributed by atoms with van der Waals surface area (Å²) in [7, 11) is 4.09. The molecule has 1 aliphatic heterocycles. The lowest BCUT2D eigenvalue weighted by Gasteiger charge is -2.40. The molecule has 1 aromatic rings. The third-order valence-electron chi connectivity index (χ3n) is 6.35. The van der Waals surface area contributed by atoms with Gasteiger partial charge in [-0.1, -0.05) is 36.0 Å². The van der Waals surface area contributed by atoms with E-state index in [0.29, 0.717) is 54.3 Å². The predicted molar refractivity (Wildman–Crippen MR) is 126 cm³/mol. The molecule has 0 spiro atoms. The van der Waals surface area contributed by atoms with Crippen molar-refractivity contribution in [1.82, 2.24) is 20.0 Å². The molecule has 1 N–H and O–H groups in total. The molecular weight excluding hydrogens is 435 g/mol. The summed E-state index contributed by atoms with van der Waals surface area (Å²) in [6, 6.07) is 4.87. The van der Waals surface area contributed by atoms with Crippen LogP contribution in [-0.4, -0.2) is 85.9 Å². The first kappa shape index (κ1) is 24.3. The van der Waals surface area contributed by atoms with Gasteiger partial charge in [0, 0.05) is 37.7 Å². The summed E-state index contributed by atoms with van der Waals surface area (Å²) in [5.41, 5.74) is 0.477. The lowest BCUT2D eigenvalue weighted by atomic mass is 9.95. The van der Waals surface area contributed by atoms with Crippen LogP contribution in [0.3, 0.4) is 0 Å². The number of rotatable bonds is 8. The van der Waals surface area contributed by atoms with Crippen molar-refractivity contribution in [3.8, 4) is 0 Å². The fraction of sp³-hybridized carbons (Fsp3) is 0.652. The van der Waals surface area contributed by atoms with Crippen molar-refractivity contribution in [1.29, 1.82) is 0 Å². The topological polar surface area (TPSA) is 55.9 Å². The number of hydrogen-bond acceptors (Lipinski definition) is 4. The second-order valence-electron chi connectivity index (χ2n) is 8.89. The smallest absolute Gasteiger partial charge is 0.255 e. The van der Waals surface area contributed by atoms with Gasteiger partial charge in [0.05, 0.1) is 16.6 Å². The Balaban J connectivity index is 1.59. The minimum atomic E-state index is -0.0989. The molecule has 1 aliphatic carbocycles. The van der Waals surface area contributed by atoms with Crippen molar-refractivity contribution in [2.45, 2.75) is 38.1 Å². The number of halogens is 2. The van der Waals surface area contributed by atoms with Crippen molar-refractivity contribution >= 4 is 35.0 Å². The van der Waals surface area contributed by atoms with Crippen LogP contribution in [0.4, 0.5) is 0 Å². The van der Waals surface area contributed by atoms with Gasteiger partial charge in [0.15, 0.2) is 0 Å². The molecule has 8 heteroatoms. The van der Waals surface area contributed by atoms with E-state index in [1.54, 1.807) is 18.2 Å². The molecule has 6 nitrogen and oxygen atoms in total. The average molecular weight is 469 g/mol. The summed E-state index contributed by atoms with van der Waals surface area (Å²) in [5, 5.41) is 4.06. The number of benzene rings is 1. The molecule has 172 valence electrons. The van der Waals surface area contributed by atoms with Crippen molar-refractivity contribution in [2.24, 2.45) is 5.92 Å². The summed E-state index contributed by atoms with van der Waals surface area (Å²) in [5.74, 6) is 0.472. The Kier molecular flexibility index (Phi) is 9.02. The SMILES string of the molecule is CN(C)CCCNC(=O)C(C1CCCC1)N1CCN(C(=O)c2ccc(Cl)cc2Cl)CC1. The average Bonchev–Trinajstić information content (AvgIpc) is 3.25. The Hall–Kier alpha value is -1.34. The summed E-state index contributed by atoms with van der Waals surface area (Å²) in [6.45, 7) is 4.24. The van der Waals surface area contributed by atoms with Gasteiger partial charge in [0.2, 0.25) is 5.91 Å². The zero-order valence-electron chi connectivity index (χ0n) is 18.6. The number of carbonyl (C=O) groups is 2. The summed E-state index contributed by atoms with van der Waals surface area (Å²) >= 11 is 12.2. The van der Waals surface area contributed by atoms with Gasteiger partial charge in [-0.3, -0.25) is 14.5 Å². The normalized spacial score (nSPS) is 19.1. The van der Waals surface area contributed by atoms with Crippen molar-refractivity contribution in [3.63, 3.8) is 0 Å². The quantitative estimate of drug-likeness (QED) is 0.594. The highest BCUT2D eigenvalue weighted by Gasteiger charge is 2.37. The Morgan fingerprint density at radius 1 is 1.13 bits per heavy atom. The molecular formula is C23H34Cl2N4O2. The van der Waals surface area contributed by atoms with E-state index in [-0.39, 0.29) is 17.9 Å². The first-order chi connectivity index (χ1) is 14.9. The molecule has 1 aromatic carbocycles. The number of nitrogens with zero attached hydrogens (tertiary/aromatic N) is 3. The van der Waals surface area contributed by atoms with E-state index in [2.05, 4.69) is 15.1 Å². The zero-order chi connectivity index (χ0) is 22.4. The molecule has 1 saturated heterocycles. The van der Waals surface area contributed by atoms with Crippen LogP contribution in [0.25, 0.3) is 0 Å². The van der Waals surface area contributed by atoms with Crippen LogP contribution in [0.5, 0.6) is 0 Å². The monoisotopic (exact) mass is 468 g/mol. The highest BCUT2D eigenvalue weighted by molar-refractivity contribution is 6.36. The van der Waals surface area contributed by atoms with Gasteiger partial charge in [-0.25, -0.2) is 0 Å². The van der Waals surface area contributed by atoms with Crippen LogP contribution in [0.1, 0.15) is 42.5 Å². The second-order valence-corrected chi connectivity index (χ2v) is 9.73. The fourth-order valence-corrected chi connectivity index (χ4v) is 5.19.